The zero-order valence-electron chi connectivity index (χ0n) is 24.6. The number of halogens is 1. The molecule has 1 nitrogen and oxygen atoms in total. The van der Waals surface area contributed by atoms with E-state index >= 15 is 4.39 Å². The van der Waals surface area contributed by atoms with Crippen LogP contribution in [-0.4, -0.2) is 13.2 Å². The summed E-state index contributed by atoms with van der Waals surface area (Å²) in [6.07, 6.45) is 10.6. The third-order valence-electron chi connectivity index (χ3n) is 7.16. The summed E-state index contributed by atoms with van der Waals surface area (Å²) in [4.78, 5) is 0. The molecule has 0 aliphatic rings. The average molecular weight is 499 g/mol. The lowest BCUT2D eigenvalue weighted by molar-refractivity contribution is 0.154. The summed E-state index contributed by atoms with van der Waals surface area (Å²) in [6.45, 7) is 36.9. The highest BCUT2D eigenvalue weighted by Crippen LogP contribution is 2.29. The molecular formula is C34H55FO. The Labute approximate surface area is 223 Å². The Morgan fingerprint density at radius 2 is 1.44 bits per heavy atom. The van der Waals surface area contributed by atoms with Crippen molar-refractivity contribution in [1.82, 2.24) is 0 Å². The van der Waals surface area contributed by atoms with Gasteiger partial charge in [0, 0.05) is 12.2 Å². The highest BCUT2D eigenvalue weighted by atomic mass is 19.1. The average Bonchev–Trinajstić information content (AvgIpc) is 2.82. The molecule has 0 saturated heterocycles. The Bertz CT molecular complexity index is 807. The summed E-state index contributed by atoms with van der Waals surface area (Å²) in [5.74, 6) is 1.98. The van der Waals surface area contributed by atoms with Crippen molar-refractivity contribution in [2.24, 2.45) is 23.7 Å². The molecule has 2 heteroatoms. The van der Waals surface area contributed by atoms with E-state index in [2.05, 4.69) is 74.4 Å². The Morgan fingerprint density at radius 3 is 1.97 bits per heavy atom. The van der Waals surface area contributed by atoms with E-state index in [4.69, 9.17) is 4.74 Å². The molecule has 0 aliphatic carbocycles. The van der Waals surface area contributed by atoms with Crippen LogP contribution < -0.4 is 0 Å². The number of hydrogen-bond donors (Lipinski definition) is 0. The van der Waals surface area contributed by atoms with Gasteiger partial charge in [0.15, 0.2) is 0 Å². The van der Waals surface area contributed by atoms with Crippen LogP contribution in [0.15, 0.2) is 84.3 Å². The molecule has 36 heavy (non-hydrogen) atoms. The Hall–Kier alpha value is -1.93. The summed E-state index contributed by atoms with van der Waals surface area (Å²) < 4.78 is 20.7. The van der Waals surface area contributed by atoms with Crippen molar-refractivity contribution in [1.29, 1.82) is 0 Å². The van der Waals surface area contributed by atoms with E-state index in [-0.39, 0.29) is 11.7 Å². The molecule has 204 valence electrons. The van der Waals surface area contributed by atoms with Crippen LogP contribution in [0.4, 0.5) is 4.39 Å². The molecule has 0 aliphatic heterocycles. The van der Waals surface area contributed by atoms with Crippen molar-refractivity contribution < 1.29 is 9.13 Å². The molecule has 0 fully saturated rings. The molecule has 0 rings (SSSR count). The summed E-state index contributed by atoms with van der Waals surface area (Å²) in [5, 5.41) is 0. The molecule has 0 heterocycles. The van der Waals surface area contributed by atoms with Crippen LogP contribution in [0.3, 0.4) is 0 Å². The number of ether oxygens (including phenoxy) is 1. The topological polar surface area (TPSA) is 9.23 Å². The number of allylic oxidation sites excluding steroid dienone is 8. The Kier molecular flexibility index (Phi) is 17.4. The van der Waals surface area contributed by atoms with Gasteiger partial charge in [-0.25, -0.2) is 4.39 Å². The van der Waals surface area contributed by atoms with Crippen molar-refractivity contribution >= 4 is 0 Å². The lowest BCUT2D eigenvalue weighted by atomic mass is 9.83. The highest BCUT2D eigenvalue weighted by Gasteiger charge is 2.16. The van der Waals surface area contributed by atoms with Crippen LogP contribution in [0.5, 0.6) is 0 Å². The van der Waals surface area contributed by atoms with Crippen LogP contribution in [0.25, 0.3) is 0 Å². The molecule has 0 spiro atoms. The van der Waals surface area contributed by atoms with Crippen LogP contribution in [0.1, 0.15) is 93.4 Å². The molecule has 0 radical (unpaired) electrons. The van der Waals surface area contributed by atoms with Gasteiger partial charge in [0.2, 0.25) is 0 Å². The van der Waals surface area contributed by atoms with Crippen LogP contribution >= 0.6 is 0 Å². The van der Waals surface area contributed by atoms with Crippen LogP contribution in [0.2, 0.25) is 0 Å². The smallest absolute Gasteiger partial charge is 0.130 e. The fraction of sp³-hybridized carbons (Fsp3) is 0.588. The predicted molar refractivity (Wildman–Crippen MR) is 160 cm³/mol. The third kappa shape index (κ3) is 14.6. The molecule has 0 bridgehead atoms. The second-order valence-electron chi connectivity index (χ2n) is 11.2. The minimum atomic E-state index is -0.363. The first kappa shape index (κ1) is 34.1. The molecule has 0 aromatic carbocycles. The summed E-state index contributed by atoms with van der Waals surface area (Å²) in [6, 6.07) is 0. The third-order valence-corrected chi connectivity index (χ3v) is 7.16. The van der Waals surface area contributed by atoms with Crippen LogP contribution in [0, 0.1) is 23.7 Å². The zero-order chi connectivity index (χ0) is 27.8. The summed E-state index contributed by atoms with van der Waals surface area (Å²) in [7, 11) is 0. The maximum Gasteiger partial charge on any atom is 0.130 e. The van der Waals surface area contributed by atoms with E-state index in [0.29, 0.717) is 36.2 Å². The number of hydrogen-bond acceptors (Lipinski definition) is 1. The fourth-order valence-corrected chi connectivity index (χ4v) is 3.90. The van der Waals surface area contributed by atoms with Crippen molar-refractivity contribution in [3.05, 3.63) is 84.3 Å². The predicted octanol–water partition coefficient (Wildman–Crippen LogP) is 10.9. The second-order valence-corrected chi connectivity index (χ2v) is 11.2. The fourth-order valence-electron chi connectivity index (χ4n) is 3.90. The second kappa shape index (κ2) is 18.3. The molecule has 3 atom stereocenters. The van der Waals surface area contributed by atoms with E-state index in [9.17, 15) is 0 Å². The van der Waals surface area contributed by atoms with Gasteiger partial charge in [0.05, 0.1) is 6.61 Å². The maximum atomic E-state index is 15.1. The molecule has 3 unspecified atom stereocenters. The minimum Gasteiger partial charge on any atom is -0.377 e. The number of rotatable bonds is 20. The van der Waals surface area contributed by atoms with Gasteiger partial charge in [-0.1, -0.05) is 105 Å². The van der Waals surface area contributed by atoms with Gasteiger partial charge < -0.3 is 4.74 Å². The first-order valence-corrected chi connectivity index (χ1v) is 13.8. The summed E-state index contributed by atoms with van der Waals surface area (Å²) in [5.41, 5.74) is 4.80. The largest absolute Gasteiger partial charge is 0.377 e. The van der Waals surface area contributed by atoms with E-state index < -0.39 is 0 Å². The lowest BCUT2D eigenvalue weighted by Gasteiger charge is -2.22. The molecular weight excluding hydrogens is 443 g/mol. The zero-order valence-corrected chi connectivity index (χ0v) is 24.6. The van der Waals surface area contributed by atoms with Crippen molar-refractivity contribution in [2.75, 3.05) is 13.2 Å². The quantitative estimate of drug-likeness (QED) is 0.0921. The van der Waals surface area contributed by atoms with Gasteiger partial charge in [-0.3, -0.25) is 0 Å². The molecule has 0 N–H and O–H groups in total. The molecule has 0 saturated carbocycles. The maximum absolute atomic E-state index is 15.1. The van der Waals surface area contributed by atoms with E-state index in [0.717, 1.165) is 60.3 Å². The van der Waals surface area contributed by atoms with Crippen molar-refractivity contribution in [3.8, 4) is 0 Å². The van der Waals surface area contributed by atoms with Gasteiger partial charge in [-0.2, -0.15) is 0 Å². The molecule has 0 aromatic heterocycles. The minimum absolute atomic E-state index is 0.224. The lowest BCUT2D eigenvalue weighted by Crippen LogP contribution is -2.11. The van der Waals surface area contributed by atoms with Gasteiger partial charge in [0.1, 0.15) is 5.83 Å². The van der Waals surface area contributed by atoms with E-state index in [1.807, 2.05) is 13.0 Å². The first-order valence-electron chi connectivity index (χ1n) is 13.8. The van der Waals surface area contributed by atoms with Gasteiger partial charge in [-0.15, -0.1) is 0 Å². The first-order chi connectivity index (χ1) is 16.8. The highest BCUT2D eigenvalue weighted by molar-refractivity contribution is 5.50. The van der Waals surface area contributed by atoms with Gasteiger partial charge in [-0.05, 0) is 85.5 Å². The SMILES string of the molecule is C=C(C)COCCC/C(=C/C(=C)C(=C)/C(F)=C\C(=C)C(C)CCC(C)C(C)CCC(C)C)C(=C)CC. The Morgan fingerprint density at radius 1 is 0.861 bits per heavy atom. The standard InChI is InChI=1S/C34H55FO/c1-13-26(6)33(15-14-20-36-23-25(4)5)21-31(11)32(12)34(35)22-30(10)29(9)19-18-28(8)27(7)17-16-24(2)3/h21-22,24,27-29H,4,6,10-20,23H2,1-3,5,7-9H3/b33-21-,34-22+. The van der Waals surface area contributed by atoms with Crippen molar-refractivity contribution in [2.45, 2.75) is 93.4 Å². The van der Waals surface area contributed by atoms with E-state index in [1.54, 1.807) is 6.08 Å². The molecule has 0 amide bonds. The van der Waals surface area contributed by atoms with E-state index in [1.165, 1.54) is 12.8 Å². The Balaban J connectivity index is 5.00. The summed E-state index contributed by atoms with van der Waals surface area (Å²) >= 11 is 0. The monoisotopic (exact) mass is 498 g/mol. The molecule has 0 aromatic rings. The van der Waals surface area contributed by atoms with Gasteiger partial charge >= 0.3 is 0 Å². The van der Waals surface area contributed by atoms with Crippen molar-refractivity contribution in [3.63, 3.8) is 0 Å². The van der Waals surface area contributed by atoms with Gasteiger partial charge in [0.25, 0.3) is 0 Å². The normalized spacial score (nSPS) is 14.9. The van der Waals surface area contributed by atoms with Crippen LogP contribution in [-0.2, 0) is 4.74 Å².